The number of benzene rings is 1. The molecule has 0 bridgehead atoms. The first kappa shape index (κ1) is 29.0. The Kier molecular flexibility index (Phi) is 10.8. The molecule has 2 heterocycles. The van der Waals surface area contributed by atoms with Gasteiger partial charge in [0, 0.05) is 36.8 Å². The predicted molar refractivity (Wildman–Crippen MR) is 145 cm³/mol. The van der Waals surface area contributed by atoms with Crippen LogP contribution in [0.1, 0.15) is 45.7 Å². The molecular formula is C25H32F3N5O2S2. The number of thioether (sulfide) groups is 1. The van der Waals surface area contributed by atoms with Gasteiger partial charge in [0.1, 0.15) is 28.2 Å². The smallest absolute Gasteiger partial charge is 0.223 e. The lowest BCUT2D eigenvalue weighted by atomic mass is 10.1. The second kappa shape index (κ2) is 13.8. The maximum atomic E-state index is 14.6. The van der Waals surface area contributed by atoms with Crippen LogP contribution >= 0.6 is 11.8 Å². The first-order valence-electron chi connectivity index (χ1n) is 12.0. The lowest BCUT2D eigenvalue weighted by Gasteiger charge is -2.24. The van der Waals surface area contributed by atoms with Crippen LogP contribution in [-0.4, -0.2) is 39.3 Å². The molecule has 0 spiro atoms. The fourth-order valence-corrected chi connectivity index (χ4v) is 5.03. The summed E-state index contributed by atoms with van der Waals surface area (Å²) in [5.41, 5.74) is -0.0974. The summed E-state index contributed by atoms with van der Waals surface area (Å²) in [7, 11) is -2.25. The van der Waals surface area contributed by atoms with E-state index in [4.69, 9.17) is 9.72 Å². The molecule has 3 unspecified atom stereocenters. The molecule has 12 heteroatoms. The minimum atomic E-state index is -2.25. The van der Waals surface area contributed by atoms with Gasteiger partial charge in [0.05, 0.1) is 10.6 Å². The molecule has 1 aromatic heterocycles. The second-order valence-corrected chi connectivity index (χ2v) is 11.1. The summed E-state index contributed by atoms with van der Waals surface area (Å²) in [5, 5.41) is 6.71. The van der Waals surface area contributed by atoms with Crippen LogP contribution < -0.4 is 20.1 Å². The third kappa shape index (κ3) is 8.21. The van der Waals surface area contributed by atoms with Gasteiger partial charge in [-0.3, -0.25) is 4.72 Å². The molecule has 0 aliphatic carbocycles. The Morgan fingerprint density at radius 3 is 2.70 bits per heavy atom. The van der Waals surface area contributed by atoms with Crippen molar-refractivity contribution in [2.24, 2.45) is 5.92 Å². The Balaban J connectivity index is 2.01. The van der Waals surface area contributed by atoms with Gasteiger partial charge >= 0.3 is 0 Å². The van der Waals surface area contributed by atoms with Crippen molar-refractivity contribution in [3.8, 4) is 5.75 Å². The van der Waals surface area contributed by atoms with Crippen LogP contribution in [0.4, 0.5) is 24.8 Å². The summed E-state index contributed by atoms with van der Waals surface area (Å²) in [6, 6.07) is 2.61. The van der Waals surface area contributed by atoms with Crippen molar-refractivity contribution < 1.29 is 22.1 Å². The van der Waals surface area contributed by atoms with E-state index in [1.54, 1.807) is 12.3 Å². The van der Waals surface area contributed by atoms with Gasteiger partial charge in [-0.15, -0.1) is 0 Å². The van der Waals surface area contributed by atoms with Crippen molar-refractivity contribution in [1.29, 1.82) is 0 Å². The molecule has 3 atom stereocenters. The van der Waals surface area contributed by atoms with Gasteiger partial charge < -0.3 is 15.4 Å². The first-order chi connectivity index (χ1) is 17.7. The number of nitrogens with zero attached hydrogens (tertiary/aromatic N) is 2. The number of allylic oxidation sites excluding steroid dienone is 2. The molecule has 1 aliphatic heterocycles. The molecule has 37 heavy (non-hydrogen) atoms. The van der Waals surface area contributed by atoms with Gasteiger partial charge in [-0.1, -0.05) is 32.2 Å². The van der Waals surface area contributed by atoms with Crippen LogP contribution in [0.15, 0.2) is 41.6 Å². The standard InChI is InChI=1S/C25H32F3N5O2S2/c1-5-16(4)23(35-18-11-19(27)22(20(28)12-18)33-37(34)14-26)24(36-15(2)3)21-8-10-30-25(32-21)31-17-7-6-9-29-13-17/h8,10-12,16-17,29,33H,2,5-7,9,13-14H2,1,3-4H3,(H,30,31,32)/b24-23+. The summed E-state index contributed by atoms with van der Waals surface area (Å²) >= 11 is 1.35. The van der Waals surface area contributed by atoms with E-state index in [0.29, 0.717) is 28.7 Å². The van der Waals surface area contributed by atoms with E-state index in [0.717, 1.165) is 43.0 Å². The number of halogens is 3. The first-order valence-corrected chi connectivity index (χ1v) is 14.1. The number of anilines is 2. The average Bonchev–Trinajstić information content (AvgIpc) is 2.88. The molecule has 0 amide bonds. The summed E-state index contributed by atoms with van der Waals surface area (Å²) in [4.78, 5) is 10.5. The molecule has 202 valence electrons. The number of rotatable bonds is 12. The van der Waals surface area contributed by atoms with Crippen molar-refractivity contribution in [2.75, 3.05) is 29.1 Å². The predicted octanol–water partition coefficient (Wildman–Crippen LogP) is 5.98. The zero-order chi connectivity index (χ0) is 26.9. The minimum Gasteiger partial charge on any atom is -0.460 e. The van der Waals surface area contributed by atoms with E-state index in [9.17, 15) is 17.4 Å². The highest BCUT2D eigenvalue weighted by Gasteiger charge is 2.23. The van der Waals surface area contributed by atoms with E-state index >= 15 is 0 Å². The molecule has 0 radical (unpaired) electrons. The second-order valence-electron chi connectivity index (χ2n) is 8.68. The topological polar surface area (TPSA) is 88.2 Å². The molecule has 0 saturated carbocycles. The normalized spacial score (nSPS) is 17.9. The van der Waals surface area contributed by atoms with Crippen molar-refractivity contribution in [3.05, 3.63) is 59.0 Å². The van der Waals surface area contributed by atoms with Crippen molar-refractivity contribution >= 4 is 39.3 Å². The Hall–Kier alpha value is -2.57. The molecule has 7 nitrogen and oxygen atoms in total. The average molecular weight is 556 g/mol. The highest BCUT2D eigenvalue weighted by atomic mass is 32.2. The third-order valence-corrected chi connectivity index (χ3v) is 7.23. The quantitative estimate of drug-likeness (QED) is 0.278. The molecule has 1 aliphatic rings. The van der Waals surface area contributed by atoms with Gasteiger partial charge in [-0.25, -0.2) is 27.3 Å². The monoisotopic (exact) mass is 555 g/mol. The van der Waals surface area contributed by atoms with E-state index in [1.165, 1.54) is 11.8 Å². The largest absolute Gasteiger partial charge is 0.460 e. The minimum absolute atomic E-state index is 0.0950. The van der Waals surface area contributed by atoms with Gasteiger partial charge in [0.2, 0.25) is 5.95 Å². The summed E-state index contributed by atoms with van der Waals surface area (Å²) in [6.45, 7) is 11.6. The maximum absolute atomic E-state index is 14.6. The molecule has 1 fully saturated rings. The Labute approximate surface area is 222 Å². The molecule has 3 N–H and O–H groups in total. The maximum Gasteiger partial charge on any atom is 0.223 e. The van der Waals surface area contributed by atoms with Crippen LogP contribution in [0.5, 0.6) is 5.75 Å². The summed E-state index contributed by atoms with van der Waals surface area (Å²) in [5.74, 6) is -1.40. The van der Waals surface area contributed by atoms with Crippen molar-refractivity contribution in [2.45, 2.75) is 46.1 Å². The van der Waals surface area contributed by atoms with Gasteiger partial charge in [-0.2, -0.15) is 0 Å². The van der Waals surface area contributed by atoms with Gasteiger partial charge in [0.15, 0.2) is 17.6 Å². The zero-order valence-corrected chi connectivity index (χ0v) is 22.7. The fourth-order valence-electron chi connectivity index (χ4n) is 3.65. The summed E-state index contributed by atoms with van der Waals surface area (Å²) in [6.07, 6.45) is 4.40. The number of aromatic nitrogens is 2. The van der Waals surface area contributed by atoms with Crippen LogP contribution in [-0.2, 0) is 11.0 Å². The lowest BCUT2D eigenvalue weighted by molar-refractivity contribution is 0.353. The molecule has 1 saturated heterocycles. The van der Waals surface area contributed by atoms with Crippen LogP contribution in [0, 0.1) is 17.6 Å². The van der Waals surface area contributed by atoms with Crippen LogP contribution in [0.2, 0.25) is 0 Å². The van der Waals surface area contributed by atoms with Crippen molar-refractivity contribution in [3.63, 3.8) is 0 Å². The zero-order valence-electron chi connectivity index (χ0n) is 21.1. The number of alkyl halides is 1. The van der Waals surface area contributed by atoms with Gasteiger partial charge in [0.25, 0.3) is 0 Å². The van der Waals surface area contributed by atoms with E-state index in [1.807, 2.05) is 25.5 Å². The number of nitrogens with one attached hydrogen (secondary N) is 3. The fraction of sp³-hybridized carbons (Fsp3) is 0.440. The summed E-state index contributed by atoms with van der Waals surface area (Å²) < 4.78 is 61.3. The SMILES string of the molecule is C=C(C)S/C(=C(/Oc1cc(F)c(NS(=O)CF)c(F)c1)C(C)CC)c1ccnc(NC2CCCNC2)n1. The molecule has 2 aromatic rings. The van der Waals surface area contributed by atoms with E-state index < -0.39 is 34.3 Å². The third-order valence-electron chi connectivity index (χ3n) is 5.64. The molecule has 1 aromatic carbocycles. The Bertz CT molecular complexity index is 1140. The van der Waals surface area contributed by atoms with E-state index in [-0.39, 0.29) is 17.7 Å². The van der Waals surface area contributed by atoms with Crippen molar-refractivity contribution in [1.82, 2.24) is 15.3 Å². The Morgan fingerprint density at radius 1 is 1.38 bits per heavy atom. The molecular weight excluding hydrogens is 523 g/mol. The molecule has 3 rings (SSSR count). The van der Waals surface area contributed by atoms with Crippen LogP contribution in [0.25, 0.3) is 4.91 Å². The van der Waals surface area contributed by atoms with Gasteiger partial charge in [-0.05, 0) is 43.7 Å². The number of piperidine rings is 1. The lowest BCUT2D eigenvalue weighted by Crippen LogP contribution is -2.38. The van der Waals surface area contributed by atoms with E-state index in [2.05, 4.69) is 22.2 Å². The Morgan fingerprint density at radius 2 is 2.11 bits per heavy atom. The highest BCUT2D eigenvalue weighted by molar-refractivity contribution is 8.11. The highest BCUT2D eigenvalue weighted by Crippen LogP contribution is 2.39. The van der Waals surface area contributed by atoms with Crippen LogP contribution in [0.3, 0.4) is 0 Å². The number of ether oxygens (including phenoxy) is 1. The number of hydrogen-bond donors (Lipinski definition) is 3. The number of hydrogen-bond acceptors (Lipinski definition) is 7.